The second-order valence-electron chi connectivity index (χ2n) is 5.02. The van der Waals surface area contributed by atoms with Crippen LogP contribution in [0.5, 0.6) is 0 Å². The minimum atomic E-state index is 0.210. The average molecular weight is 350 g/mol. The molecule has 0 aliphatic rings. The third-order valence-electron chi connectivity index (χ3n) is 3.77. The van der Waals surface area contributed by atoms with Gasteiger partial charge in [-0.3, -0.25) is 0 Å². The molecule has 0 fully saturated rings. The van der Waals surface area contributed by atoms with E-state index in [0.717, 1.165) is 32.4 Å². The van der Waals surface area contributed by atoms with Gasteiger partial charge in [0.25, 0.3) is 0 Å². The molecule has 21 heavy (non-hydrogen) atoms. The van der Waals surface area contributed by atoms with Crippen LogP contribution in [0.25, 0.3) is 0 Å². The summed E-state index contributed by atoms with van der Waals surface area (Å²) in [7, 11) is 0. The first-order chi connectivity index (χ1) is 10.0. The fourth-order valence-electron chi connectivity index (χ4n) is 2.06. The Labute approximate surface area is 142 Å². The summed E-state index contributed by atoms with van der Waals surface area (Å²) in [6.07, 6.45) is 5.37. The van der Waals surface area contributed by atoms with Crippen LogP contribution in [-0.4, -0.2) is 29.1 Å². The monoisotopic (exact) mass is 349 g/mol. The fraction of sp³-hybridized carbons (Fsp3) is 0.667. The molecule has 0 unspecified atom stereocenters. The number of pyridine rings is 1. The molecule has 1 aromatic rings. The van der Waals surface area contributed by atoms with Crippen LogP contribution < -0.4 is 10.6 Å². The minimum Gasteiger partial charge on any atom is -0.369 e. The Balaban J connectivity index is 2.87. The molecule has 0 atom stereocenters. The molecule has 0 saturated carbocycles. The lowest BCUT2D eigenvalue weighted by Gasteiger charge is -2.30. The van der Waals surface area contributed by atoms with Crippen molar-refractivity contribution in [1.29, 1.82) is 0 Å². The number of anilines is 2. The first-order valence-corrected chi connectivity index (χ1v) is 9.38. The second kappa shape index (κ2) is 8.96. The molecule has 0 spiro atoms. The van der Waals surface area contributed by atoms with Gasteiger partial charge in [0.2, 0.25) is 0 Å². The topological polar surface area (TPSA) is 37.0 Å². The van der Waals surface area contributed by atoms with Gasteiger partial charge in [-0.05, 0) is 31.6 Å². The Kier molecular flexibility index (Phi) is 7.99. The molecule has 1 rings (SSSR count). The van der Waals surface area contributed by atoms with Gasteiger partial charge in [0.1, 0.15) is 11.6 Å². The summed E-state index contributed by atoms with van der Waals surface area (Å²) < 4.78 is 0.210. The van der Waals surface area contributed by atoms with Gasteiger partial charge < -0.3 is 10.6 Å². The maximum Gasteiger partial charge on any atom is 0.147 e. The maximum absolute atomic E-state index is 6.25. The van der Waals surface area contributed by atoms with Crippen molar-refractivity contribution in [2.75, 3.05) is 30.0 Å². The van der Waals surface area contributed by atoms with Crippen LogP contribution >= 0.6 is 35.0 Å². The number of nitrogens with one attached hydrogen (secondary N) is 2. The molecule has 3 nitrogen and oxygen atoms in total. The van der Waals surface area contributed by atoms with Crippen LogP contribution in [0.4, 0.5) is 11.6 Å². The zero-order valence-corrected chi connectivity index (χ0v) is 15.6. The molecule has 1 heterocycles. The zero-order valence-electron chi connectivity index (χ0n) is 13.2. The first-order valence-electron chi connectivity index (χ1n) is 7.40. The van der Waals surface area contributed by atoms with E-state index < -0.39 is 0 Å². The van der Waals surface area contributed by atoms with E-state index in [4.69, 9.17) is 23.2 Å². The lowest BCUT2D eigenvalue weighted by molar-refractivity contribution is 0.574. The Bertz CT molecular complexity index is 443. The average Bonchev–Trinajstić information content (AvgIpc) is 2.49. The quantitative estimate of drug-likeness (QED) is 0.613. The number of thioether (sulfide) groups is 1. The number of hydrogen-bond acceptors (Lipinski definition) is 4. The Morgan fingerprint density at radius 1 is 1.10 bits per heavy atom. The molecule has 120 valence electrons. The second-order valence-corrected chi connectivity index (χ2v) is 7.11. The van der Waals surface area contributed by atoms with Gasteiger partial charge in [0.15, 0.2) is 0 Å². The smallest absolute Gasteiger partial charge is 0.147 e. The molecule has 0 amide bonds. The van der Waals surface area contributed by atoms with E-state index in [1.807, 2.05) is 11.8 Å². The summed E-state index contributed by atoms with van der Waals surface area (Å²) in [6, 6.07) is 1.75. The fourth-order valence-corrected chi connectivity index (χ4v) is 3.35. The van der Waals surface area contributed by atoms with Crippen molar-refractivity contribution in [2.24, 2.45) is 0 Å². The summed E-state index contributed by atoms with van der Waals surface area (Å²) in [4.78, 5) is 4.52. The normalized spacial score (nSPS) is 11.5. The lowest BCUT2D eigenvalue weighted by atomic mass is 10.0. The minimum absolute atomic E-state index is 0.210. The van der Waals surface area contributed by atoms with Crippen molar-refractivity contribution in [1.82, 2.24) is 4.98 Å². The molecule has 0 bridgehead atoms. The van der Waals surface area contributed by atoms with Crippen molar-refractivity contribution >= 4 is 46.6 Å². The van der Waals surface area contributed by atoms with Crippen LogP contribution in [0.2, 0.25) is 10.0 Å². The van der Waals surface area contributed by atoms with E-state index in [1.165, 1.54) is 0 Å². The molecule has 0 aliphatic heterocycles. The molecule has 6 heteroatoms. The Hall–Kier alpha value is -0.320. The summed E-state index contributed by atoms with van der Waals surface area (Å²) in [5.74, 6) is 1.38. The van der Waals surface area contributed by atoms with Crippen molar-refractivity contribution in [2.45, 2.75) is 44.8 Å². The highest BCUT2D eigenvalue weighted by Gasteiger charge is 2.25. The third-order valence-corrected chi connectivity index (χ3v) is 5.94. The van der Waals surface area contributed by atoms with Crippen LogP contribution in [-0.2, 0) is 0 Å². The van der Waals surface area contributed by atoms with Crippen molar-refractivity contribution in [3.63, 3.8) is 0 Å². The summed E-state index contributed by atoms with van der Waals surface area (Å²) in [5.41, 5.74) is 0. The predicted octanol–water partition coefficient (Wildman–Crippen LogP) is 5.54. The van der Waals surface area contributed by atoms with Gasteiger partial charge in [0.05, 0.1) is 10.0 Å². The van der Waals surface area contributed by atoms with Crippen molar-refractivity contribution < 1.29 is 0 Å². The van der Waals surface area contributed by atoms with Crippen LogP contribution in [0.1, 0.15) is 40.0 Å². The largest absolute Gasteiger partial charge is 0.369 e. The lowest BCUT2D eigenvalue weighted by Crippen LogP contribution is -2.32. The highest BCUT2D eigenvalue weighted by molar-refractivity contribution is 8.00. The van der Waals surface area contributed by atoms with Gasteiger partial charge >= 0.3 is 0 Å². The van der Waals surface area contributed by atoms with Crippen LogP contribution in [0, 0.1) is 0 Å². The van der Waals surface area contributed by atoms with E-state index in [9.17, 15) is 0 Å². The first kappa shape index (κ1) is 18.7. The predicted molar refractivity (Wildman–Crippen MR) is 98.4 cm³/mol. The number of aromatic nitrogens is 1. The summed E-state index contributed by atoms with van der Waals surface area (Å²) in [6.45, 7) is 8.21. The van der Waals surface area contributed by atoms with Gasteiger partial charge in [-0.1, -0.05) is 44.0 Å². The van der Waals surface area contributed by atoms with Gasteiger partial charge in [-0.25, -0.2) is 4.98 Å². The SMILES string of the molecule is CCCNc1nc(NCC(CC)(CC)SC)c(Cl)cc1Cl. The summed E-state index contributed by atoms with van der Waals surface area (Å²) in [5, 5.41) is 7.73. The molecule has 0 aliphatic carbocycles. The molecule has 2 N–H and O–H groups in total. The number of nitrogens with zero attached hydrogens (tertiary/aromatic N) is 1. The van der Waals surface area contributed by atoms with Gasteiger partial charge in [-0.15, -0.1) is 0 Å². The van der Waals surface area contributed by atoms with E-state index in [0.29, 0.717) is 21.7 Å². The van der Waals surface area contributed by atoms with E-state index in [-0.39, 0.29) is 4.75 Å². The molecular weight excluding hydrogens is 325 g/mol. The van der Waals surface area contributed by atoms with Gasteiger partial charge in [-0.2, -0.15) is 11.8 Å². The molecular formula is C15H25Cl2N3S. The number of halogens is 2. The molecule has 0 aromatic carbocycles. The van der Waals surface area contributed by atoms with Crippen molar-refractivity contribution in [3.8, 4) is 0 Å². The third kappa shape index (κ3) is 5.11. The Morgan fingerprint density at radius 2 is 1.67 bits per heavy atom. The maximum atomic E-state index is 6.25. The molecule has 0 radical (unpaired) electrons. The Morgan fingerprint density at radius 3 is 2.14 bits per heavy atom. The number of hydrogen-bond donors (Lipinski definition) is 2. The molecule has 1 aromatic heterocycles. The van der Waals surface area contributed by atoms with E-state index in [1.54, 1.807) is 6.07 Å². The number of rotatable bonds is 9. The van der Waals surface area contributed by atoms with Crippen LogP contribution in [0.3, 0.4) is 0 Å². The highest BCUT2D eigenvalue weighted by Crippen LogP contribution is 2.33. The zero-order chi connectivity index (χ0) is 15.9. The molecule has 0 saturated heterocycles. The van der Waals surface area contributed by atoms with Gasteiger partial charge in [0, 0.05) is 17.8 Å². The van der Waals surface area contributed by atoms with Crippen molar-refractivity contribution in [3.05, 3.63) is 16.1 Å². The highest BCUT2D eigenvalue weighted by atomic mass is 35.5. The van der Waals surface area contributed by atoms with Crippen LogP contribution in [0.15, 0.2) is 6.07 Å². The summed E-state index contributed by atoms with van der Waals surface area (Å²) >= 11 is 14.3. The standard InChI is InChI=1S/C15H25Cl2N3S/c1-5-8-18-13-11(16)9-12(17)14(20-13)19-10-15(6-2,7-3)21-4/h9H,5-8,10H2,1-4H3,(H2,18,19,20). The van der Waals surface area contributed by atoms with E-state index in [2.05, 4.69) is 42.6 Å². The van der Waals surface area contributed by atoms with E-state index >= 15 is 0 Å².